The zero-order valence-electron chi connectivity index (χ0n) is 22.0. The molecule has 8 heteroatoms. The first kappa shape index (κ1) is 25.5. The molecular weight excluding hydrogens is 487 g/mol. The number of hydrogen-bond donors (Lipinski definition) is 0. The number of fused-ring (bicyclic) bond motifs is 1. The molecule has 0 aliphatic carbocycles. The van der Waals surface area contributed by atoms with Crippen LogP contribution in [0.15, 0.2) is 52.4 Å². The molecule has 2 aromatic rings. The summed E-state index contributed by atoms with van der Waals surface area (Å²) in [6, 6.07) is 11.5. The summed E-state index contributed by atoms with van der Waals surface area (Å²) in [6.07, 6.45) is 3.86. The zero-order chi connectivity index (χ0) is 26.3. The van der Waals surface area contributed by atoms with Crippen molar-refractivity contribution in [1.29, 1.82) is 0 Å². The second-order valence-corrected chi connectivity index (χ2v) is 11.1. The van der Waals surface area contributed by atoms with Crippen LogP contribution in [0, 0.1) is 5.82 Å². The number of benzene rings is 2. The van der Waals surface area contributed by atoms with Crippen molar-refractivity contribution in [3.63, 3.8) is 0 Å². The summed E-state index contributed by atoms with van der Waals surface area (Å²) >= 11 is 1.27. The van der Waals surface area contributed by atoms with Crippen LogP contribution in [-0.4, -0.2) is 61.4 Å². The fourth-order valence-electron chi connectivity index (χ4n) is 5.27. The van der Waals surface area contributed by atoms with Gasteiger partial charge >= 0.3 is 0 Å². The number of carbonyl (C=O) groups is 1. The molecule has 2 saturated heterocycles. The highest BCUT2D eigenvalue weighted by Gasteiger charge is 2.33. The number of nitrogens with zero attached hydrogens (tertiary/aromatic N) is 4. The summed E-state index contributed by atoms with van der Waals surface area (Å²) < 4.78 is 20.7. The molecule has 0 aromatic heterocycles. The molecule has 0 bridgehead atoms. The molecule has 1 amide bonds. The molecular formula is C29H33FN4O2S. The minimum Gasteiger partial charge on any atom is -0.378 e. The summed E-state index contributed by atoms with van der Waals surface area (Å²) in [5, 5.41) is 0.573. The van der Waals surface area contributed by atoms with Gasteiger partial charge in [0, 0.05) is 49.2 Å². The number of amides is 1. The van der Waals surface area contributed by atoms with Gasteiger partial charge in [0.25, 0.3) is 5.91 Å². The first-order valence-corrected chi connectivity index (χ1v) is 13.5. The minimum absolute atomic E-state index is 0.186. The maximum atomic E-state index is 15.3. The van der Waals surface area contributed by atoms with Crippen molar-refractivity contribution < 1.29 is 13.9 Å². The topological polar surface area (TPSA) is 48.4 Å². The molecule has 0 radical (unpaired) electrons. The van der Waals surface area contributed by atoms with E-state index in [0.29, 0.717) is 15.6 Å². The number of morpholine rings is 1. The van der Waals surface area contributed by atoms with Crippen molar-refractivity contribution in [3.8, 4) is 0 Å². The van der Waals surface area contributed by atoms with Crippen LogP contribution in [0.1, 0.15) is 38.8 Å². The molecule has 3 aliphatic heterocycles. The Morgan fingerprint density at radius 3 is 2.54 bits per heavy atom. The van der Waals surface area contributed by atoms with E-state index in [0.717, 1.165) is 61.0 Å². The van der Waals surface area contributed by atoms with Gasteiger partial charge in [-0.05, 0) is 87.5 Å². The van der Waals surface area contributed by atoms with E-state index in [2.05, 4.69) is 43.6 Å². The Morgan fingerprint density at radius 1 is 1.16 bits per heavy atom. The molecule has 0 unspecified atom stereocenters. The Kier molecular flexibility index (Phi) is 6.89. The van der Waals surface area contributed by atoms with Crippen molar-refractivity contribution in [2.24, 2.45) is 4.99 Å². The number of aliphatic imine (C=N–C) groups is 1. The van der Waals surface area contributed by atoms with Gasteiger partial charge in [-0.3, -0.25) is 9.69 Å². The van der Waals surface area contributed by atoms with E-state index >= 15 is 4.39 Å². The fraction of sp³-hybridized carbons (Fsp3) is 0.379. The molecule has 0 N–H and O–H groups in total. The van der Waals surface area contributed by atoms with E-state index in [9.17, 15) is 4.79 Å². The van der Waals surface area contributed by atoms with E-state index in [1.54, 1.807) is 19.2 Å². The Bertz CT molecular complexity index is 1310. The summed E-state index contributed by atoms with van der Waals surface area (Å²) in [6.45, 7) is 12.4. The van der Waals surface area contributed by atoms with E-state index < -0.39 is 0 Å². The predicted octanol–water partition coefficient (Wildman–Crippen LogP) is 5.92. The average molecular weight is 521 g/mol. The lowest BCUT2D eigenvalue weighted by Crippen LogP contribution is -2.45. The quantitative estimate of drug-likeness (QED) is 0.469. The van der Waals surface area contributed by atoms with Gasteiger partial charge in [0.1, 0.15) is 5.82 Å². The Hall–Kier alpha value is -3.10. The minimum atomic E-state index is -0.338. The molecule has 2 fully saturated rings. The van der Waals surface area contributed by atoms with Gasteiger partial charge in [0.15, 0.2) is 5.17 Å². The molecule has 6 nitrogen and oxygen atoms in total. The number of anilines is 2. The van der Waals surface area contributed by atoms with Crippen LogP contribution in [0.25, 0.3) is 11.6 Å². The average Bonchev–Trinajstić information content (AvgIpc) is 3.13. The molecule has 2 aromatic carbocycles. The lowest BCUT2D eigenvalue weighted by molar-refractivity contribution is -0.121. The lowest BCUT2D eigenvalue weighted by atomic mass is 9.88. The highest BCUT2D eigenvalue weighted by Crippen LogP contribution is 2.41. The smallest absolute Gasteiger partial charge is 0.266 e. The number of amidine groups is 1. The lowest BCUT2D eigenvalue weighted by Gasteiger charge is -2.42. The maximum Gasteiger partial charge on any atom is 0.266 e. The van der Waals surface area contributed by atoms with Crippen molar-refractivity contribution in [2.45, 2.75) is 33.2 Å². The number of allylic oxidation sites excluding steroid dienone is 1. The third kappa shape index (κ3) is 4.92. The first-order chi connectivity index (χ1) is 17.7. The van der Waals surface area contributed by atoms with E-state index in [4.69, 9.17) is 9.73 Å². The number of rotatable bonds is 4. The van der Waals surface area contributed by atoms with Crippen LogP contribution in [0.2, 0.25) is 0 Å². The fourth-order valence-corrected chi connectivity index (χ4v) is 6.24. The zero-order valence-corrected chi connectivity index (χ0v) is 22.9. The molecule has 0 saturated carbocycles. The monoisotopic (exact) mass is 520 g/mol. The second kappa shape index (κ2) is 9.99. The highest BCUT2D eigenvalue weighted by atomic mass is 32.2. The number of likely N-dealkylation sites (N-methyl/N-ethyl adjacent to an activating group) is 2. The first-order valence-electron chi connectivity index (χ1n) is 12.7. The van der Waals surface area contributed by atoms with Crippen molar-refractivity contribution >= 4 is 51.5 Å². The summed E-state index contributed by atoms with van der Waals surface area (Å²) in [5.41, 5.74) is 5.10. The Labute approximate surface area is 222 Å². The Morgan fingerprint density at radius 2 is 1.86 bits per heavy atom. The van der Waals surface area contributed by atoms with E-state index in [1.165, 1.54) is 16.7 Å². The largest absolute Gasteiger partial charge is 0.378 e. The summed E-state index contributed by atoms with van der Waals surface area (Å²) in [4.78, 5) is 24.2. The molecule has 5 rings (SSSR count). The Balaban J connectivity index is 1.41. The molecule has 0 atom stereocenters. The summed E-state index contributed by atoms with van der Waals surface area (Å²) in [5.74, 6) is -0.523. The van der Waals surface area contributed by atoms with Crippen molar-refractivity contribution in [1.82, 2.24) is 4.90 Å². The van der Waals surface area contributed by atoms with Gasteiger partial charge in [-0.2, -0.15) is 0 Å². The van der Waals surface area contributed by atoms with Crippen LogP contribution in [-0.2, 0) is 9.53 Å². The van der Waals surface area contributed by atoms with Gasteiger partial charge in [0.2, 0.25) is 0 Å². The standard InChI is InChI=1S/C29H33FN4O2S/c1-6-34-25-17-24(30)20(15-23(25)19(2)18-29(34,3)4)16-26-27(35)32(5)28(37-26)31-21-7-9-22(10-8-21)33-11-13-36-14-12-33/h7-10,15-18H,6,11-14H2,1-5H3/b26-16+,31-28?. The van der Waals surface area contributed by atoms with E-state index in [1.807, 2.05) is 30.3 Å². The number of hydrogen-bond acceptors (Lipinski definition) is 6. The molecule has 0 spiro atoms. The van der Waals surface area contributed by atoms with Crippen LogP contribution in [0.5, 0.6) is 0 Å². The van der Waals surface area contributed by atoms with Crippen molar-refractivity contribution in [2.75, 3.05) is 49.7 Å². The number of halogens is 1. The maximum absolute atomic E-state index is 15.3. The third-order valence-corrected chi connectivity index (χ3v) is 8.21. The normalized spacial score (nSPS) is 21.6. The van der Waals surface area contributed by atoms with Gasteiger partial charge in [-0.15, -0.1) is 0 Å². The second-order valence-electron chi connectivity index (χ2n) is 10.1. The van der Waals surface area contributed by atoms with Crippen molar-refractivity contribution in [3.05, 3.63) is 64.3 Å². The van der Waals surface area contributed by atoms with E-state index in [-0.39, 0.29) is 17.3 Å². The van der Waals surface area contributed by atoms with Crippen LogP contribution in [0.4, 0.5) is 21.5 Å². The third-order valence-electron chi connectivity index (χ3n) is 7.15. The van der Waals surface area contributed by atoms with Gasteiger partial charge in [0.05, 0.1) is 29.3 Å². The number of carbonyl (C=O) groups excluding carboxylic acids is 1. The van der Waals surface area contributed by atoms with Gasteiger partial charge in [-0.1, -0.05) is 6.08 Å². The molecule has 3 heterocycles. The predicted molar refractivity (Wildman–Crippen MR) is 152 cm³/mol. The highest BCUT2D eigenvalue weighted by molar-refractivity contribution is 8.18. The summed E-state index contributed by atoms with van der Waals surface area (Å²) in [7, 11) is 1.70. The van der Waals surface area contributed by atoms with Gasteiger partial charge < -0.3 is 14.5 Å². The van der Waals surface area contributed by atoms with Crippen LogP contribution >= 0.6 is 11.8 Å². The molecule has 194 valence electrons. The number of thioether (sulfide) groups is 1. The van der Waals surface area contributed by atoms with Crippen LogP contribution < -0.4 is 9.80 Å². The number of ether oxygens (including phenoxy) is 1. The van der Waals surface area contributed by atoms with Crippen LogP contribution in [0.3, 0.4) is 0 Å². The van der Waals surface area contributed by atoms with Gasteiger partial charge in [-0.25, -0.2) is 9.38 Å². The molecule has 3 aliphatic rings. The SMILES string of the molecule is CCN1c2cc(F)c(/C=C3/SC(=Nc4ccc(N5CCOCC5)cc4)N(C)C3=O)cc2C(C)=CC1(C)C. The molecule has 37 heavy (non-hydrogen) atoms.